The number of hydrogen-bond acceptors (Lipinski definition) is 5. The second kappa shape index (κ2) is 5.11. The van der Waals surface area contributed by atoms with E-state index in [2.05, 4.69) is 5.32 Å². The summed E-state index contributed by atoms with van der Waals surface area (Å²) in [7, 11) is -2.83. The Bertz CT molecular complexity index is 522. The Labute approximate surface area is 112 Å². The van der Waals surface area contributed by atoms with Crippen molar-refractivity contribution in [1.82, 2.24) is 5.32 Å². The summed E-state index contributed by atoms with van der Waals surface area (Å²) in [5.41, 5.74) is 1.11. The Balaban J connectivity index is 1.59. The summed E-state index contributed by atoms with van der Waals surface area (Å²) >= 11 is 0. The van der Waals surface area contributed by atoms with E-state index in [-0.39, 0.29) is 23.7 Å². The molecule has 0 bridgehead atoms. The average molecular weight is 283 g/mol. The molecule has 3 rings (SSSR count). The molecule has 5 nitrogen and oxygen atoms in total. The minimum Gasteiger partial charge on any atom is -0.488 e. The molecule has 2 aliphatic rings. The minimum absolute atomic E-state index is 0.0897. The lowest BCUT2D eigenvalue weighted by Crippen LogP contribution is -2.45. The molecule has 0 aromatic heterocycles. The highest BCUT2D eigenvalue weighted by Crippen LogP contribution is 2.24. The van der Waals surface area contributed by atoms with Gasteiger partial charge in [0.25, 0.3) is 0 Å². The van der Waals surface area contributed by atoms with Crippen molar-refractivity contribution in [3.05, 3.63) is 29.8 Å². The molecule has 0 aliphatic carbocycles. The van der Waals surface area contributed by atoms with Crippen LogP contribution in [0.5, 0.6) is 5.75 Å². The first-order valence-electron chi connectivity index (χ1n) is 6.42. The fourth-order valence-corrected chi connectivity index (χ4v) is 3.49. The van der Waals surface area contributed by atoms with Gasteiger partial charge in [0, 0.05) is 13.1 Å². The third-order valence-corrected chi connectivity index (χ3v) is 5.12. The average Bonchev–Trinajstić information content (AvgIpc) is 2.38. The van der Waals surface area contributed by atoms with Crippen LogP contribution in [0.15, 0.2) is 24.3 Å². The summed E-state index contributed by atoms with van der Waals surface area (Å²) in [5, 5.41) is 3.28. The maximum absolute atomic E-state index is 11.0. The number of morpholine rings is 1. The second-order valence-corrected chi connectivity index (χ2v) is 7.10. The van der Waals surface area contributed by atoms with Gasteiger partial charge in [0.15, 0.2) is 9.84 Å². The first kappa shape index (κ1) is 12.9. The molecule has 2 heterocycles. The molecule has 1 unspecified atom stereocenters. The van der Waals surface area contributed by atoms with Crippen molar-refractivity contribution in [1.29, 1.82) is 0 Å². The van der Waals surface area contributed by atoms with Gasteiger partial charge in [-0.1, -0.05) is 12.1 Å². The zero-order valence-electron chi connectivity index (χ0n) is 10.5. The van der Waals surface area contributed by atoms with Gasteiger partial charge in [0.2, 0.25) is 0 Å². The van der Waals surface area contributed by atoms with Crippen LogP contribution in [0.1, 0.15) is 11.7 Å². The summed E-state index contributed by atoms with van der Waals surface area (Å²) in [4.78, 5) is 0. The Kier molecular flexibility index (Phi) is 3.47. The number of rotatable bonds is 3. The number of sulfone groups is 1. The van der Waals surface area contributed by atoms with Gasteiger partial charge in [-0.05, 0) is 17.7 Å². The van der Waals surface area contributed by atoms with Crippen molar-refractivity contribution in [3.63, 3.8) is 0 Å². The molecule has 0 spiro atoms. The van der Waals surface area contributed by atoms with E-state index < -0.39 is 9.84 Å². The first-order valence-corrected chi connectivity index (χ1v) is 8.24. The standard InChI is InChI=1S/C13H17NO4S/c15-19(16)8-12(9-19)18-11-3-1-10(2-4-11)13-7-14-5-6-17-13/h1-4,12-14H,5-9H2. The van der Waals surface area contributed by atoms with Crippen molar-refractivity contribution < 1.29 is 17.9 Å². The van der Waals surface area contributed by atoms with Gasteiger partial charge < -0.3 is 14.8 Å². The largest absolute Gasteiger partial charge is 0.488 e. The van der Waals surface area contributed by atoms with Crippen molar-refractivity contribution >= 4 is 9.84 Å². The van der Waals surface area contributed by atoms with E-state index in [1.54, 1.807) is 0 Å². The molecule has 1 N–H and O–H groups in total. The van der Waals surface area contributed by atoms with Crippen LogP contribution in [0.25, 0.3) is 0 Å². The molecule has 0 saturated carbocycles. The van der Waals surface area contributed by atoms with E-state index in [4.69, 9.17) is 9.47 Å². The molecule has 2 aliphatic heterocycles. The van der Waals surface area contributed by atoms with Crippen LogP contribution >= 0.6 is 0 Å². The van der Waals surface area contributed by atoms with Gasteiger partial charge in [0.1, 0.15) is 11.9 Å². The predicted molar refractivity (Wildman–Crippen MR) is 71.1 cm³/mol. The van der Waals surface area contributed by atoms with Crippen molar-refractivity contribution in [2.45, 2.75) is 12.2 Å². The molecule has 0 amide bonds. The van der Waals surface area contributed by atoms with Crippen LogP contribution in [0, 0.1) is 0 Å². The van der Waals surface area contributed by atoms with Crippen LogP contribution in [-0.4, -0.2) is 45.7 Å². The molecule has 19 heavy (non-hydrogen) atoms. The Morgan fingerprint density at radius 3 is 2.53 bits per heavy atom. The van der Waals surface area contributed by atoms with E-state index in [1.165, 1.54) is 0 Å². The summed E-state index contributed by atoms with van der Waals surface area (Å²) < 4.78 is 33.3. The monoisotopic (exact) mass is 283 g/mol. The maximum Gasteiger partial charge on any atom is 0.157 e. The Hall–Kier alpha value is -1.11. The van der Waals surface area contributed by atoms with E-state index in [9.17, 15) is 8.42 Å². The van der Waals surface area contributed by atoms with Crippen LogP contribution in [0.2, 0.25) is 0 Å². The molecular formula is C13H17NO4S. The van der Waals surface area contributed by atoms with Crippen molar-refractivity contribution in [2.24, 2.45) is 0 Å². The quantitative estimate of drug-likeness (QED) is 0.876. The van der Waals surface area contributed by atoms with E-state index >= 15 is 0 Å². The number of benzene rings is 1. The minimum atomic E-state index is -2.83. The molecule has 0 radical (unpaired) electrons. The Morgan fingerprint density at radius 1 is 1.21 bits per heavy atom. The van der Waals surface area contributed by atoms with Gasteiger partial charge >= 0.3 is 0 Å². The lowest BCUT2D eigenvalue weighted by atomic mass is 10.1. The third-order valence-electron chi connectivity index (χ3n) is 3.36. The topological polar surface area (TPSA) is 64.6 Å². The van der Waals surface area contributed by atoms with Gasteiger partial charge in [0.05, 0.1) is 24.2 Å². The molecule has 1 atom stereocenters. The number of nitrogens with one attached hydrogen (secondary N) is 1. The van der Waals surface area contributed by atoms with Crippen LogP contribution < -0.4 is 10.1 Å². The van der Waals surface area contributed by atoms with Gasteiger partial charge in [-0.25, -0.2) is 8.42 Å². The Morgan fingerprint density at radius 2 is 1.95 bits per heavy atom. The predicted octanol–water partition coefficient (Wildman–Crippen LogP) is 0.523. The first-order chi connectivity index (χ1) is 9.12. The molecule has 104 valence electrons. The summed E-state index contributed by atoms with van der Waals surface area (Å²) in [6, 6.07) is 7.69. The molecule has 1 aromatic carbocycles. The van der Waals surface area contributed by atoms with Crippen LogP contribution in [-0.2, 0) is 14.6 Å². The van der Waals surface area contributed by atoms with E-state index in [0.29, 0.717) is 5.75 Å². The molecular weight excluding hydrogens is 266 g/mol. The fraction of sp³-hybridized carbons (Fsp3) is 0.538. The van der Waals surface area contributed by atoms with Crippen LogP contribution in [0.3, 0.4) is 0 Å². The van der Waals surface area contributed by atoms with Crippen LogP contribution in [0.4, 0.5) is 0 Å². The van der Waals surface area contributed by atoms with Gasteiger partial charge in [-0.2, -0.15) is 0 Å². The van der Waals surface area contributed by atoms with Crippen molar-refractivity contribution in [2.75, 3.05) is 31.2 Å². The summed E-state index contributed by atoms with van der Waals surface area (Å²) in [6.07, 6.45) is -0.102. The van der Waals surface area contributed by atoms with Gasteiger partial charge in [-0.15, -0.1) is 0 Å². The molecule has 2 saturated heterocycles. The van der Waals surface area contributed by atoms with Gasteiger partial charge in [-0.3, -0.25) is 0 Å². The smallest absolute Gasteiger partial charge is 0.157 e. The van der Waals surface area contributed by atoms with E-state index in [1.807, 2.05) is 24.3 Å². The highest BCUT2D eigenvalue weighted by molar-refractivity contribution is 7.92. The maximum atomic E-state index is 11.0. The fourth-order valence-electron chi connectivity index (χ4n) is 2.32. The summed E-state index contributed by atoms with van der Waals surface area (Å²) in [5.74, 6) is 0.974. The second-order valence-electron chi connectivity index (χ2n) is 4.95. The summed E-state index contributed by atoms with van der Waals surface area (Å²) in [6.45, 7) is 2.44. The lowest BCUT2D eigenvalue weighted by Gasteiger charge is -2.27. The number of ether oxygens (including phenoxy) is 2. The third kappa shape index (κ3) is 3.08. The number of hydrogen-bond donors (Lipinski definition) is 1. The zero-order valence-corrected chi connectivity index (χ0v) is 11.4. The highest BCUT2D eigenvalue weighted by Gasteiger charge is 2.35. The van der Waals surface area contributed by atoms with Crippen molar-refractivity contribution in [3.8, 4) is 5.75 Å². The molecule has 2 fully saturated rings. The molecule has 6 heteroatoms. The molecule has 1 aromatic rings. The SMILES string of the molecule is O=S1(=O)CC(Oc2ccc(C3CNCCO3)cc2)C1. The lowest BCUT2D eigenvalue weighted by molar-refractivity contribution is 0.0276. The normalized spacial score (nSPS) is 26.6. The van der Waals surface area contributed by atoms with E-state index in [0.717, 1.165) is 25.3 Å². The zero-order chi connectivity index (χ0) is 13.3. The highest BCUT2D eigenvalue weighted by atomic mass is 32.2.